The number of nitriles is 1. The molecule has 2 rings (SSSR count). The second kappa shape index (κ2) is 5.22. The molecule has 1 aromatic rings. The Kier molecular flexibility index (Phi) is 3.66. The van der Waals surface area contributed by atoms with Crippen molar-refractivity contribution in [3.63, 3.8) is 0 Å². The minimum absolute atomic E-state index is 0.0480. The maximum atomic E-state index is 12.5. The first-order valence-electron chi connectivity index (χ1n) is 6.46. The third-order valence-corrected chi connectivity index (χ3v) is 3.67. The van der Waals surface area contributed by atoms with E-state index in [1.807, 2.05) is 4.90 Å². The Morgan fingerprint density at radius 2 is 2.00 bits per heavy atom. The molecule has 1 aromatic carbocycles. The highest BCUT2D eigenvalue weighted by molar-refractivity contribution is 5.95. The molecule has 2 atom stereocenters. The van der Waals surface area contributed by atoms with E-state index in [0.29, 0.717) is 11.1 Å². The average Bonchev–Trinajstić information content (AvgIpc) is 2.38. The largest absolute Gasteiger partial charge is 0.333 e. The van der Waals surface area contributed by atoms with Crippen LogP contribution < -0.4 is 0 Å². The molecule has 0 bridgehead atoms. The molecule has 1 saturated heterocycles. The van der Waals surface area contributed by atoms with Crippen LogP contribution in [-0.4, -0.2) is 22.9 Å². The number of hydrogen-bond donors (Lipinski definition) is 0. The van der Waals surface area contributed by atoms with Gasteiger partial charge in [-0.1, -0.05) is 6.07 Å². The summed E-state index contributed by atoms with van der Waals surface area (Å²) in [6, 6.07) is 9.60. The molecular weight excluding hydrogens is 224 g/mol. The zero-order chi connectivity index (χ0) is 13.1. The van der Waals surface area contributed by atoms with E-state index in [4.69, 9.17) is 5.26 Å². The zero-order valence-corrected chi connectivity index (χ0v) is 10.9. The van der Waals surface area contributed by atoms with Crippen molar-refractivity contribution >= 4 is 5.91 Å². The molecule has 0 saturated carbocycles. The molecule has 1 fully saturated rings. The van der Waals surface area contributed by atoms with E-state index in [0.717, 1.165) is 12.8 Å². The third-order valence-electron chi connectivity index (χ3n) is 3.67. The van der Waals surface area contributed by atoms with E-state index < -0.39 is 0 Å². The lowest BCUT2D eigenvalue weighted by Gasteiger charge is -2.39. The maximum absolute atomic E-state index is 12.5. The van der Waals surface area contributed by atoms with E-state index in [-0.39, 0.29) is 18.0 Å². The summed E-state index contributed by atoms with van der Waals surface area (Å²) in [6.45, 7) is 4.20. The molecule has 3 nitrogen and oxygen atoms in total. The quantitative estimate of drug-likeness (QED) is 0.760. The summed E-state index contributed by atoms with van der Waals surface area (Å²) in [6.07, 6.45) is 3.31. The average molecular weight is 242 g/mol. The lowest BCUT2D eigenvalue weighted by atomic mass is 9.96. The second-order valence-corrected chi connectivity index (χ2v) is 5.03. The number of carbonyl (C=O) groups is 1. The maximum Gasteiger partial charge on any atom is 0.254 e. The standard InChI is InChI=1S/C15H18N2O/c1-11-5-3-6-12(2)17(11)15(18)14-8-4-7-13(9-14)10-16/h4,7-9,11-12H,3,5-6H2,1-2H3. The van der Waals surface area contributed by atoms with Crippen LogP contribution in [0.15, 0.2) is 24.3 Å². The summed E-state index contributed by atoms with van der Waals surface area (Å²) in [4.78, 5) is 14.5. The van der Waals surface area contributed by atoms with Crippen molar-refractivity contribution in [2.24, 2.45) is 0 Å². The van der Waals surface area contributed by atoms with Gasteiger partial charge in [0, 0.05) is 17.6 Å². The fourth-order valence-electron chi connectivity index (χ4n) is 2.69. The van der Waals surface area contributed by atoms with Crippen molar-refractivity contribution in [1.82, 2.24) is 4.90 Å². The predicted molar refractivity (Wildman–Crippen MR) is 70.1 cm³/mol. The number of hydrogen-bond acceptors (Lipinski definition) is 2. The van der Waals surface area contributed by atoms with E-state index in [2.05, 4.69) is 19.9 Å². The van der Waals surface area contributed by atoms with Gasteiger partial charge in [-0.2, -0.15) is 5.26 Å². The number of likely N-dealkylation sites (tertiary alicyclic amines) is 1. The molecule has 1 aliphatic rings. The molecule has 94 valence electrons. The lowest BCUT2D eigenvalue weighted by molar-refractivity contribution is 0.0511. The van der Waals surface area contributed by atoms with Crippen LogP contribution in [0, 0.1) is 11.3 Å². The molecule has 3 heteroatoms. The molecule has 1 heterocycles. The monoisotopic (exact) mass is 242 g/mol. The van der Waals surface area contributed by atoms with Crippen LogP contribution in [0.4, 0.5) is 0 Å². The van der Waals surface area contributed by atoms with Crippen LogP contribution >= 0.6 is 0 Å². The summed E-state index contributed by atoms with van der Waals surface area (Å²) < 4.78 is 0. The summed E-state index contributed by atoms with van der Waals surface area (Å²) in [5, 5.41) is 8.88. The van der Waals surface area contributed by atoms with Crippen LogP contribution in [-0.2, 0) is 0 Å². The van der Waals surface area contributed by atoms with Crippen LogP contribution in [0.3, 0.4) is 0 Å². The summed E-state index contributed by atoms with van der Waals surface area (Å²) in [7, 11) is 0. The Morgan fingerprint density at radius 1 is 1.33 bits per heavy atom. The molecule has 0 radical (unpaired) electrons. The van der Waals surface area contributed by atoms with Gasteiger partial charge in [0.25, 0.3) is 5.91 Å². The summed E-state index contributed by atoms with van der Waals surface area (Å²) in [5.74, 6) is 0.0480. The van der Waals surface area contributed by atoms with E-state index in [1.165, 1.54) is 6.42 Å². The zero-order valence-electron chi connectivity index (χ0n) is 10.9. The fourth-order valence-corrected chi connectivity index (χ4v) is 2.69. The summed E-state index contributed by atoms with van der Waals surface area (Å²) >= 11 is 0. The van der Waals surface area contributed by atoms with Gasteiger partial charge in [-0.15, -0.1) is 0 Å². The Bertz CT molecular complexity index is 480. The molecule has 18 heavy (non-hydrogen) atoms. The predicted octanol–water partition coefficient (Wildman–Crippen LogP) is 2.96. The van der Waals surface area contributed by atoms with Crippen molar-refractivity contribution in [3.05, 3.63) is 35.4 Å². The molecule has 0 spiro atoms. The second-order valence-electron chi connectivity index (χ2n) is 5.03. The van der Waals surface area contributed by atoms with E-state index >= 15 is 0 Å². The molecule has 0 aromatic heterocycles. The van der Waals surface area contributed by atoms with Crippen LogP contribution in [0.5, 0.6) is 0 Å². The molecule has 1 aliphatic heterocycles. The van der Waals surface area contributed by atoms with Gasteiger partial charge in [-0.3, -0.25) is 4.79 Å². The molecule has 0 N–H and O–H groups in total. The van der Waals surface area contributed by atoms with Gasteiger partial charge < -0.3 is 4.90 Å². The number of nitrogens with zero attached hydrogens (tertiary/aromatic N) is 2. The van der Waals surface area contributed by atoms with Crippen molar-refractivity contribution < 1.29 is 4.79 Å². The van der Waals surface area contributed by atoms with E-state index in [9.17, 15) is 4.79 Å². The Labute approximate surface area is 108 Å². The van der Waals surface area contributed by atoms with Crippen molar-refractivity contribution in [1.29, 1.82) is 5.26 Å². The Hall–Kier alpha value is -1.82. The Morgan fingerprint density at radius 3 is 2.61 bits per heavy atom. The van der Waals surface area contributed by atoms with Crippen LogP contribution in [0.2, 0.25) is 0 Å². The lowest BCUT2D eigenvalue weighted by Crippen LogP contribution is -2.47. The SMILES string of the molecule is CC1CCCC(C)N1C(=O)c1cccc(C#N)c1. The first kappa shape index (κ1) is 12.6. The minimum atomic E-state index is 0.0480. The van der Waals surface area contributed by atoms with Gasteiger partial charge in [0.05, 0.1) is 11.6 Å². The molecular formula is C15H18N2O. The smallest absolute Gasteiger partial charge is 0.254 e. The van der Waals surface area contributed by atoms with Gasteiger partial charge in [0.2, 0.25) is 0 Å². The third kappa shape index (κ3) is 2.38. The van der Waals surface area contributed by atoms with Crippen molar-refractivity contribution in [3.8, 4) is 6.07 Å². The normalized spacial score (nSPS) is 23.5. The highest BCUT2D eigenvalue weighted by Gasteiger charge is 2.29. The molecule has 1 amide bonds. The number of benzene rings is 1. The first-order valence-corrected chi connectivity index (χ1v) is 6.46. The number of amides is 1. The van der Waals surface area contributed by atoms with E-state index in [1.54, 1.807) is 24.3 Å². The topological polar surface area (TPSA) is 44.1 Å². The highest BCUT2D eigenvalue weighted by atomic mass is 16.2. The number of carbonyl (C=O) groups excluding carboxylic acids is 1. The Balaban J connectivity index is 2.27. The highest BCUT2D eigenvalue weighted by Crippen LogP contribution is 2.24. The van der Waals surface area contributed by atoms with Gasteiger partial charge in [-0.25, -0.2) is 0 Å². The van der Waals surface area contributed by atoms with Gasteiger partial charge in [0.15, 0.2) is 0 Å². The molecule has 0 aliphatic carbocycles. The van der Waals surface area contributed by atoms with Gasteiger partial charge in [0.1, 0.15) is 0 Å². The minimum Gasteiger partial charge on any atom is -0.333 e. The number of piperidine rings is 1. The van der Waals surface area contributed by atoms with Crippen molar-refractivity contribution in [2.75, 3.05) is 0 Å². The van der Waals surface area contributed by atoms with Gasteiger partial charge >= 0.3 is 0 Å². The van der Waals surface area contributed by atoms with Crippen LogP contribution in [0.25, 0.3) is 0 Å². The summed E-state index contributed by atoms with van der Waals surface area (Å²) in [5.41, 5.74) is 1.16. The van der Waals surface area contributed by atoms with Crippen molar-refractivity contribution in [2.45, 2.75) is 45.2 Å². The van der Waals surface area contributed by atoms with Gasteiger partial charge in [-0.05, 0) is 51.3 Å². The van der Waals surface area contributed by atoms with Crippen LogP contribution in [0.1, 0.15) is 49.0 Å². The first-order chi connectivity index (χ1) is 8.63. The molecule has 2 unspecified atom stereocenters. The fraction of sp³-hybridized carbons (Fsp3) is 0.467. The number of rotatable bonds is 1.